The first-order valence-electron chi connectivity index (χ1n) is 6.17. The summed E-state index contributed by atoms with van der Waals surface area (Å²) in [5, 5.41) is 0. The van der Waals surface area contributed by atoms with Crippen LogP contribution in [-0.4, -0.2) is 24.5 Å². The largest absolute Gasteiger partial charge is 0.549 e. The maximum atomic E-state index is 5.91. The summed E-state index contributed by atoms with van der Waals surface area (Å²) in [4.78, 5) is 0. The number of hydrogen-bond donors (Lipinski definition) is 0. The Morgan fingerprint density at radius 2 is 1.33 bits per heavy atom. The smallest absolute Gasteiger partial charge is 0.452 e. The van der Waals surface area contributed by atoms with E-state index in [1.807, 2.05) is 52.0 Å². The van der Waals surface area contributed by atoms with Crippen molar-refractivity contribution in [3.8, 4) is 11.5 Å². The van der Waals surface area contributed by atoms with Crippen molar-refractivity contribution in [2.75, 3.05) is 0 Å². The third-order valence-electron chi connectivity index (χ3n) is 3.83. The molecule has 1 aromatic carbocycles. The highest BCUT2D eigenvalue weighted by atomic mass is 16.8. The molecule has 0 amide bonds. The lowest BCUT2D eigenvalue weighted by Crippen LogP contribution is -2.41. The number of fused-ring (bicyclic) bond motifs is 1. The molecule has 1 saturated heterocycles. The number of ether oxygens (including phenoxy) is 2. The lowest BCUT2D eigenvalue weighted by Gasteiger charge is -2.32. The van der Waals surface area contributed by atoms with Gasteiger partial charge in [-0.05, 0) is 39.8 Å². The SMILES string of the molecule is CC1(C)OB(C2Oc3ccccc3O2)OC1(C)C. The van der Waals surface area contributed by atoms with Gasteiger partial charge in [-0.1, -0.05) is 12.1 Å². The number of rotatable bonds is 1. The van der Waals surface area contributed by atoms with Gasteiger partial charge in [-0.15, -0.1) is 0 Å². The van der Waals surface area contributed by atoms with Gasteiger partial charge in [0.2, 0.25) is 0 Å². The first kappa shape index (κ1) is 11.9. The second kappa shape index (κ2) is 3.65. The van der Waals surface area contributed by atoms with E-state index in [4.69, 9.17) is 18.8 Å². The van der Waals surface area contributed by atoms with Crippen molar-refractivity contribution >= 4 is 7.12 Å². The highest BCUT2D eigenvalue weighted by Gasteiger charge is 2.57. The van der Waals surface area contributed by atoms with Crippen LogP contribution in [0.1, 0.15) is 27.7 Å². The monoisotopic (exact) mass is 248 g/mol. The molecule has 0 N–H and O–H groups in total. The molecule has 96 valence electrons. The lowest BCUT2D eigenvalue weighted by molar-refractivity contribution is 0.00578. The van der Waals surface area contributed by atoms with Gasteiger partial charge >= 0.3 is 7.12 Å². The van der Waals surface area contributed by atoms with E-state index in [2.05, 4.69) is 0 Å². The summed E-state index contributed by atoms with van der Waals surface area (Å²) in [6, 6.07) is 7.57. The summed E-state index contributed by atoms with van der Waals surface area (Å²) in [7, 11) is -0.512. The molecule has 0 saturated carbocycles. The molecule has 0 atom stereocenters. The van der Waals surface area contributed by atoms with E-state index in [1.165, 1.54) is 0 Å². The van der Waals surface area contributed by atoms with Gasteiger partial charge in [0.15, 0.2) is 11.5 Å². The van der Waals surface area contributed by atoms with Crippen LogP contribution in [0.4, 0.5) is 0 Å². The molecule has 2 aliphatic rings. The van der Waals surface area contributed by atoms with Crippen molar-refractivity contribution in [1.29, 1.82) is 0 Å². The van der Waals surface area contributed by atoms with Gasteiger partial charge < -0.3 is 18.8 Å². The second-order valence-corrected chi connectivity index (χ2v) is 5.68. The van der Waals surface area contributed by atoms with Gasteiger partial charge in [0.25, 0.3) is 6.19 Å². The van der Waals surface area contributed by atoms with Gasteiger partial charge in [0.05, 0.1) is 11.2 Å². The van der Waals surface area contributed by atoms with E-state index in [9.17, 15) is 0 Å². The Hall–Kier alpha value is -1.20. The quantitative estimate of drug-likeness (QED) is 0.715. The van der Waals surface area contributed by atoms with Crippen LogP contribution in [0, 0.1) is 0 Å². The average Bonchev–Trinajstić information content (AvgIpc) is 2.78. The van der Waals surface area contributed by atoms with Gasteiger partial charge in [-0.2, -0.15) is 0 Å². The number of benzene rings is 1. The topological polar surface area (TPSA) is 36.9 Å². The molecule has 1 aromatic rings. The molecule has 0 aromatic heterocycles. The van der Waals surface area contributed by atoms with E-state index in [1.54, 1.807) is 0 Å². The molecule has 0 bridgehead atoms. The van der Waals surface area contributed by atoms with Gasteiger partial charge in [0, 0.05) is 0 Å². The number of hydrogen-bond acceptors (Lipinski definition) is 4. The Bertz CT molecular complexity index is 431. The summed E-state index contributed by atoms with van der Waals surface area (Å²) in [6.45, 7) is 8.04. The molecule has 4 nitrogen and oxygen atoms in total. The highest BCUT2D eigenvalue weighted by molar-refractivity contribution is 6.46. The normalized spacial score (nSPS) is 24.6. The summed E-state index contributed by atoms with van der Waals surface area (Å²) in [5.74, 6) is 1.47. The van der Waals surface area contributed by atoms with Crippen molar-refractivity contribution in [2.24, 2.45) is 0 Å². The predicted molar refractivity (Wildman–Crippen MR) is 67.6 cm³/mol. The highest BCUT2D eigenvalue weighted by Crippen LogP contribution is 2.41. The fourth-order valence-electron chi connectivity index (χ4n) is 2.03. The van der Waals surface area contributed by atoms with E-state index in [-0.39, 0.29) is 11.2 Å². The Morgan fingerprint density at radius 3 is 1.78 bits per heavy atom. The standard InChI is InChI=1S/C13H17BO4/c1-12(2)13(3,4)18-14(17-12)11-15-9-7-5-6-8-10(9)16-11/h5-8,11H,1-4H3. The molecule has 2 aliphatic heterocycles. The molecule has 0 spiro atoms. The lowest BCUT2D eigenvalue weighted by atomic mass is 9.89. The summed E-state index contributed by atoms with van der Waals surface area (Å²) in [5.41, 5.74) is -0.752. The maximum Gasteiger partial charge on any atom is 0.549 e. The van der Waals surface area contributed by atoms with Crippen molar-refractivity contribution < 1.29 is 18.8 Å². The zero-order valence-electron chi connectivity index (χ0n) is 11.1. The van der Waals surface area contributed by atoms with Crippen LogP contribution >= 0.6 is 0 Å². The van der Waals surface area contributed by atoms with Crippen LogP contribution in [-0.2, 0) is 9.31 Å². The van der Waals surface area contributed by atoms with E-state index >= 15 is 0 Å². The third kappa shape index (κ3) is 1.69. The molecule has 18 heavy (non-hydrogen) atoms. The Morgan fingerprint density at radius 1 is 0.889 bits per heavy atom. The molecule has 5 heteroatoms. The predicted octanol–water partition coefficient (Wildman–Crippen LogP) is 2.42. The first-order chi connectivity index (χ1) is 8.39. The number of para-hydroxylation sites is 2. The summed E-state index contributed by atoms with van der Waals surface area (Å²) < 4.78 is 23.2. The van der Waals surface area contributed by atoms with Crippen molar-refractivity contribution in [3.63, 3.8) is 0 Å². The zero-order chi connectivity index (χ0) is 13.0. The van der Waals surface area contributed by atoms with Crippen molar-refractivity contribution in [2.45, 2.75) is 45.1 Å². The Kier molecular flexibility index (Phi) is 2.41. The maximum absolute atomic E-state index is 5.91. The first-order valence-corrected chi connectivity index (χ1v) is 6.17. The van der Waals surface area contributed by atoms with Crippen molar-refractivity contribution in [1.82, 2.24) is 0 Å². The van der Waals surface area contributed by atoms with Crippen LogP contribution in [0.3, 0.4) is 0 Å². The third-order valence-corrected chi connectivity index (χ3v) is 3.83. The molecule has 1 fully saturated rings. The Labute approximate surface area is 107 Å². The average molecular weight is 248 g/mol. The van der Waals surface area contributed by atoms with E-state index < -0.39 is 13.3 Å². The molecule has 0 aliphatic carbocycles. The van der Waals surface area contributed by atoms with Crippen LogP contribution in [0.25, 0.3) is 0 Å². The zero-order valence-corrected chi connectivity index (χ0v) is 11.1. The van der Waals surface area contributed by atoms with E-state index in [0.717, 1.165) is 11.5 Å². The minimum atomic E-state index is -0.538. The molecule has 2 heterocycles. The van der Waals surface area contributed by atoms with Crippen molar-refractivity contribution in [3.05, 3.63) is 24.3 Å². The minimum Gasteiger partial charge on any atom is -0.452 e. The summed E-state index contributed by atoms with van der Waals surface area (Å²) in [6.07, 6.45) is -0.538. The summed E-state index contributed by atoms with van der Waals surface area (Å²) >= 11 is 0. The van der Waals surface area contributed by atoms with Gasteiger partial charge in [-0.25, -0.2) is 0 Å². The van der Waals surface area contributed by atoms with E-state index in [0.29, 0.717) is 0 Å². The van der Waals surface area contributed by atoms with Crippen LogP contribution in [0.2, 0.25) is 0 Å². The molecular formula is C13H17BO4. The Balaban J connectivity index is 1.77. The van der Waals surface area contributed by atoms with Gasteiger partial charge in [-0.3, -0.25) is 0 Å². The molecular weight excluding hydrogens is 231 g/mol. The van der Waals surface area contributed by atoms with Gasteiger partial charge in [0.1, 0.15) is 0 Å². The molecule has 0 unspecified atom stereocenters. The van der Waals surface area contributed by atoms with Crippen LogP contribution in [0.5, 0.6) is 11.5 Å². The second-order valence-electron chi connectivity index (χ2n) is 5.68. The fourth-order valence-corrected chi connectivity index (χ4v) is 2.03. The minimum absolute atomic E-state index is 0.376. The molecule has 3 rings (SSSR count). The fraction of sp³-hybridized carbons (Fsp3) is 0.538. The van der Waals surface area contributed by atoms with Crippen LogP contribution < -0.4 is 9.47 Å². The van der Waals surface area contributed by atoms with Crippen LogP contribution in [0.15, 0.2) is 24.3 Å². The molecule has 0 radical (unpaired) electrons.